The molecule has 0 spiro atoms. The Morgan fingerprint density at radius 2 is 1.69 bits per heavy atom. The summed E-state index contributed by atoms with van der Waals surface area (Å²) in [6, 6.07) is 0. The molecule has 4 heteroatoms. The van der Waals surface area contributed by atoms with Crippen molar-refractivity contribution < 1.29 is 9.26 Å². The van der Waals surface area contributed by atoms with Crippen LogP contribution in [0.25, 0.3) is 0 Å². The zero-order valence-electron chi connectivity index (χ0n) is 20.1. The summed E-state index contributed by atoms with van der Waals surface area (Å²) in [4.78, 5) is 5.12. The fourth-order valence-corrected chi connectivity index (χ4v) is 10.0. The first-order valence-corrected chi connectivity index (χ1v) is 15.8. The molecule has 0 bridgehead atoms. The van der Waals surface area contributed by atoms with E-state index in [0.717, 1.165) is 36.0 Å². The van der Waals surface area contributed by atoms with Crippen LogP contribution < -0.4 is 0 Å². The predicted octanol–water partition coefficient (Wildman–Crippen LogP) is 6.89. The third kappa shape index (κ3) is 3.75. The minimum Gasteiger partial charge on any atom is -0.415 e. The van der Waals surface area contributed by atoms with Crippen molar-refractivity contribution in [2.24, 2.45) is 45.6 Å². The maximum Gasteiger partial charge on any atom is 0.184 e. The molecule has 4 aliphatic rings. The lowest BCUT2D eigenvalue weighted by atomic mass is 9.44. The van der Waals surface area contributed by atoms with Gasteiger partial charge in [0.2, 0.25) is 0 Å². The van der Waals surface area contributed by atoms with Crippen molar-refractivity contribution in [2.75, 3.05) is 7.11 Å². The summed E-state index contributed by atoms with van der Waals surface area (Å²) in [5.74, 6) is 4.38. The van der Waals surface area contributed by atoms with Crippen molar-refractivity contribution >= 4 is 14.0 Å². The molecule has 4 aliphatic carbocycles. The van der Waals surface area contributed by atoms with Crippen LogP contribution in [0.3, 0.4) is 0 Å². The molecule has 0 aromatic carbocycles. The number of hydrogen-bond donors (Lipinski definition) is 0. The van der Waals surface area contributed by atoms with Crippen LogP contribution >= 0.6 is 0 Å². The van der Waals surface area contributed by atoms with Gasteiger partial charge in [0.05, 0.1) is 5.71 Å². The van der Waals surface area contributed by atoms with E-state index >= 15 is 0 Å². The summed E-state index contributed by atoms with van der Waals surface area (Å²) in [5.41, 5.74) is 2.34. The zero-order chi connectivity index (χ0) is 21.0. The topological polar surface area (TPSA) is 30.8 Å². The Labute approximate surface area is 180 Å². The van der Waals surface area contributed by atoms with Crippen molar-refractivity contribution in [1.82, 2.24) is 0 Å². The molecule has 0 radical (unpaired) electrons. The first kappa shape index (κ1) is 21.9. The van der Waals surface area contributed by atoms with Crippen LogP contribution in [0.4, 0.5) is 0 Å². The third-order valence-electron chi connectivity index (χ3n) is 9.90. The number of oxime groups is 1. The summed E-state index contributed by atoms with van der Waals surface area (Å²) >= 11 is 0. The van der Waals surface area contributed by atoms with Crippen LogP contribution in [0.2, 0.25) is 19.6 Å². The largest absolute Gasteiger partial charge is 0.415 e. The van der Waals surface area contributed by atoms with E-state index in [1.807, 2.05) is 0 Å². The van der Waals surface area contributed by atoms with E-state index < -0.39 is 8.32 Å². The maximum atomic E-state index is 6.63. The van der Waals surface area contributed by atoms with Gasteiger partial charge in [-0.3, -0.25) is 0 Å². The lowest BCUT2D eigenvalue weighted by Gasteiger charge is -2.60. The van der Waals surface area contributed by atoms with Crippen LogP contribution in [-0.4, -0.2) is 27.2 Å². The molecule has 4 fully saturated rings. The van der Waals surface area contributed by atoms with Crippen LogP contribution in [0.1, 0.15) is 78.6 Å². The molecule has 0 aliphatic heterocycles. The van der Waals surface area contributed by atoms with Crippen LogP contribution in [0, 0.1) is 40.4 Å². The quantitative estimate of drug-likeness (QED) is 0.367. The lowest BCUT2D eigenvalue weighted by Crippen LogP contribution is -2.54. The predicted molar refractivity (Wildman–Crippen MR) is 124 cm³/mol. The van der Waals surface area contributed by atoms with Gasteiger partial charge in [0, 0.05) is 6.10 Å². The van der Waals surface area contributed by atoms with Gasteiger partial charge in [0.25, 0.3) is 0 Å². The van der Waals surface area contributed by atoms with Crippen molar-refractivity contribution in [3.8, 4) is 0 Å². The van der Waals surface area contributed by atoms with Crippen molar-refractivity contribution in [3.05, 3.63) is 0 Å². The van der Waals surface area contributed by atoms with Crippen molar-refractivity contribution in [1.29, 1.82) is 0 Å². The second-order valence-corrected chi connectivity index (χ2v) is 16.8. The van der Waals surface area contributed by atoms with Gasteiger partial charge in [0.15, 0.2) is 8.32 Å². The molecule has 0 heterocycles. The van der Waals surface area contributed by atoms with Crippen molar-refractivity contribution in [2.45, 2.75) is 104 Å². The zero-order valence-corrected chi connectivity index (χ0v) is 21.1. The Morgan fingerprint density at radius 1 is 0.966 bits per heavy atom. The smallest absolute Gasteiger partial charge is 0.184 e. The second kappa shape index (κ2) is 7.65. The first-order chi connectivity index (χ1) is 13.6. The van der Waals surface area contributed by atoms with Gasteiger partial charge in [-0.2, -0.15) is 0 Å². The standard InChI is InChI=1S/C25H45NO2Si/c1-17(28-29(5,6)7)21-10-11-22-20-9-8-18-16-19(26-27-4)12-14-24(18,2)23(20)13-15-25(21,22)3/h17-18,20-23H,8-16H2,1-7H3/t17-,18+,20?,21-,22?,23?,24+,25-/m1/s1. The van der Waals surface area contributed by atoms with Gasteiger partial charge in [0.1, 0.15) is 7.11 Å². The van der Waals surface area contributed by atoms with Gasteiger partial charge < -0.3 is 9.26 Å². The van der Waals surface area contributed by atoms with Gasteiger partial charge in [-0.05, 0) is 125 Å². The molecular formula is C25H45NO2Si. The highest BCUT2D eigenvalue weighted by molar-refractivity contribution is 6.69. The van der Waals surface area contributed by atoms with E-state index in [-0.39, 0.29) is 0 Å². The highest BCUT2D eigenvalue weighted by Gasteiger charge is 2.60. The Bertz CT molecular complexity index is 643. The fraction of sp³-hybridized carbons (Fsp3) is 0.960. The van der Waals surface area contributed by atoms with Gasteiger partial charge in [-0.15, -0.1) is 0 Å². The molecular weight excluding hydrogens is 374 g/mol. The molecule has 3 unspecified atom stereocenters. The second-order valence-electron chi connectivity index (χ2n) is 12.4. The van der Waals surface area contributed by atoms with Crippen LogP contribution in [0.15, 0.2) is 5.16 Å². The van der Waals surface area contributed by atoms with Gasteiger partial charge >= 0.3 is 0 Å². The summed E-state index contributed by atoms with van der Waals surface area (Å²) in [6.07, 6.45) is 12.6. The van der Waals surface area contributed by atoms with Gasteiger partial charge in [-0.1, -0.05) is 19.0 Å². The molecule has 0 N–H and O–H groups in total. The molecule has 166 valence electrons. The third-order valence-corrected chi connectivity index (χ3v) is 11.0. The molecule has 0 saturated heterocycles. The number of rotatable bonds is 4. The summed E-state index contributed by atoms with van der Waals surface area (Å²) < 4.78 is 6.63. The average molecular weight is 420 g/mol. The number of fused-ring (bicyclic) bond motifs is 5. The van der Waals surface area contributed by atoms with Gasteiger partial charge in [-0.25, -0.2) is 0 Å². The fourth-order valence-electron chi connectivity index (χ4n) is 8.72. The highest BCUT2D eigenvalue weighted by Crippen LogP contribution is 2.67. The first-order valence-electron chi connectivity index (χ1n) is 12.4. The molecule has 0 amide bonds. The summed E-state index contributed by atoms with van der Waals surface area (Å²) in [6.45, 7) is 14.7. The Balaban J connectivity index is 1.52. The SMILES string of the molecule is CON=C1CC[C@]2(C)C3CC[C@@]4(C)C(CC[C@@H]4[C@@H](C)O[Si](C)(C)C)C3CC[C@H]2C1. The Kier molecular flexibility index (Phi) is 5.77. The van der Waals surface area contributed by atoms with E-state index in [1.165, 1.54) is 57.1 Å². The molecule has 4 rings (SSSR count). The molecule has 8 atom stereocenters. The lowest BCUT2D eigenvalue weighted by molar-refractivity contribution is -0.109. The van der Waals surface area contributed by atoms with E-state index in [2.05, 4.69) is 45.6 Å². The van der Waals surface area contributed by atoms with Crippen molar-refractivity contribution in [3.63, 3.8) is 0 Å². The van der Waals surface area contributed by atoms with E-state index in [4.69, 9.17) is 9.26 Å². The molecule has 4 saturated carbocycles. The molecule has 3 nitrogen and oxygen atoms in total. The average Bonchev–Trinajstić information content (AvgIpc) is 2.98. The molecule has 0 aromatic rings. The summed E-state index contributed by atoms with van der Waals surface area (Å²) in [5, 5.41) is 4.34. The van der Waals surface area contributed by atoms with Crippen LogP contribution in [0.5, 0.6) is 0 Å². The Hall–Kier alpha value is -0.353. The molecule has 0 aromatic heterocycles. The summed E-state index contributed by atoms with van der Waals surface area (Å²) in [7, 11) is 0.215. The Morgan fingerprint density at radius 3 is 2.38 bits per heavy atom. The number of nitrogens with zero attached hydrogens (tertiary/aromatic N) is 1. The minimum atomic E-state index is -1.48. The minimum absolute atomic E-state index is 0.433. The van der Waals surface area contributed by atoms with E-state index in [0.29, 0.717) is 16.9 Å². The monoisotopic (exact) mass is 419 g/mol. The highest BCUT2D eigenvalue weighted by atomic mass is 28.4. The van der Waals surface area contributed by atoms with E-state index in [1.54, 1.807) is 7.11 Å². The number of hydrogen-bond acceptors (Lipinski definition) is 3. The molecule has 29 heavy (non-hydrogen) atoms. The maximum absolute atomic E-state index is 6.63. The van der Waals surface area contributed by atoms with Crippen LogP contribution in [-0.2, 0) is 9.26 Å². The normalized spacial score (nSPS) is 47.3. The van der Waals surface area contributed by atoms with E-state index in [9.17, 15) is 0 Å².